The SMILES string of the molecule is CC1(C)CC[C@]2(C(=O)O)CC[C@]3(C)C(=CCC4[C@@]5(C)CC(C=O)C(=N)CC5CC[C@]43C)C2C1. The normalized spacial score (nSPS) is 50.7. The number of hydrogen-bond donors (Lipinski definition) is 2. The van der Waals surface area contributed by atoms with Crippen molar-refractivity contribution in [1.29, 1.82) is 5.41 Å². The molecule has 0 aromatic carbocycles. The van der Waals surface area contributed by atoms with Gasteiger partial charge in [-0.15, -0.1) is 0 Å². The quantitative estimate of drug-likeness (QED) is 0.361. The molecule has 0 heterocycles. The average molecular weight is 454 g/mol. The number of nitrogens with one attached hydrogen (secondary N) is 1. The Morgan fingerprint density at radius 1 is 1.06 bits per heavy atom. The molecule has 4 fully saturated rings. The van der Waals surface area contributed by atoms with Crippen LogP contribution in [0.2, 0.25) is 0 Å². The average Bonchev–Trinajstić information content (AvgIpc) is 2.74. The molecule has 0 aromatic rings. The van der Waals surface area contributed by atoms with Gasteiger partial charge in [-0.1, -0.05) is 46.3 Å². The molecule has 5 rings (SSSR count). The number of rotatable bonds is 2. The second kappa shape index (κ2) is 7.04. The van der Waals surface area contributed by atoms with Crippen LogP contribution < -0.4 is 0 Å². The molecule has 2 N–H and O–H groups in total. The summed E-state index contributed by atoms with van der Waals surface area (Å²) in [5.41, 5.74) is 1.90. The van der Waals surface area contributed by atoms with Gasteiger partial charge in [0.2, 0.25) is 0 Å². The first-order valence-electron chi connectivity index (χ1n) is 13.3. The van der Waals surface area contributed by atoms with E-state index in [0.717, 1.165) is 70.5 Å². The van der Waals surface area contributed by atoms with E-state index in [1.54, 1.807) is 0 Å². The van der Waals surface area contributed by atoms with Crippen LogP contribution in [-0.2, 0) is 9.59 Å². The summed E-state index contributed by atoms with van der Waals surface area (Å²) in [5, 5.41) is 18.9. The third kappa shape index (κ3) is 2.91. The van der Waals surface area contributed by atoms with Gasteiger partial charge in [-0.2, -0.15) is 0 Å². The van der Waals surface area contributed by atoms with E-state index in [0.29, 0.717) is 17.5 Å². The lowest BCUT2D eigenvalue weighted by atomic mass is 9.34. The lowest BCUT2D eigenvalue weighted by molar-refractivity contribution is -0.174. The molecule has 33 heavy (non-hydrogen) atoms. The Morgan fingerprint density at radius 2 is 1.76 bits per heavy atom. The van der Waals surface area contributed by atoms with Gasteiger partial charge in [0.25, 0.3) is 0 Å². The van der Waals surface area contributed by atoms with Gasteiger partial charge in [0.1, 0.15) is 6.29 Å². The van der Waals surface area contributed by atoms with E-state index >= 15 is 0 Å². The van der Waals surface area contributed by atoms with Crippen LogP contribution in [0.5, 0.6) is 0 Å². The van der Waals surface area contributed by atoms with Crippen LogP contribution in [0, 0.1) is 56.2 Å². The predicted molar refractivity (Wildman–Crippen MR) is 130 cm³/mol. The molecular weight excluding hydrogens is 410 g/mol. The van der Waals surface area contributed by atoms with Crippen molar-refractivity contribution in [2.24, 2.45) is 50.7 Å². The van der Waals surface area contributed by atoms with Crippen molar-refractivity contribution in [1.82, 2.24) is 0 Å². The van der Waals surface area contributed by atoms with Gasteiger partial charge in [-0.3, -0.25) is 4.79 Å². The van der Waals surface area contributed by atoms with E-state index in [2.05, 4.69) is 40.7 Å². The van der Waals surface area contributed by atoms with Gasteiger partial charge in [0.15, 0.2) is 0 Å². The molecule has 4 heteroatoms. The van der Waals surface area contributed by atoms with Crippen molar-refractivity contribution >= 4 is 18.0 Å². The van der Waals surface area contributed by atoms with Gasteiger partial charge < -0.3 is 15.3 Å². The Morgan fingerprint density at radius 3 is 2.42 bits per heavy atom. The number of aliphatic carboxylic acids is 1. The van der Waals surface area contributed by atoms with Crippen molar-refractivity contribution in [2.45, 2.75) is 98.8 Å². The van der Waals surface area contributed by atoms with Crippen molar-refractivity contribution in [3.05, 3.63) is 11.6 Å². The molecule has 0 radical (unpaired) electrons. The second-order valence-electron chi connectivity index (χ2n) is 14.0. The number of carbonyl (C=O) groups excluding carboxylic acids is 1. The fourth-order valence-electron chi connectivity index (χ4n) is 9.85. The summed E-state index contributed by atoms with van der Waals surface area (Å²) in [4.78, 5) is 24.5. The number of carboxylic acids is 1. The van der Waals surface area contributed by atoms with Crippen molar-refractivity contribution < 1.29 is 14.7 Å². The zero-order valence-corrected chi connectivity index (χ0v) is 21.3. The minimum Gasteiger partial charge on any atom is -0.481 e. The predicted octanol–water partition coefficient (Wildman–Crippen LogP) is 6.68. The molecule has 0 spiro atoms. The van der Waals surface area contributed by atoms with E-state index in [9.17, 15) is 14.7 Å². The number of fused-ring (bicyclic) bond motifs is 7. The minimum absolute atomic E-state index is 0.0164. The zero-order chi connectivity index (χ0) is 24.0. The summed E-state index contributed by atoms with van der Waals surface area (Å²) in [6.45, 7) is 12.0. The van der Waals surface area contributed by atoms with E-state index in [1.807, 2.05) is 0 Å². The summed E-state index contributed by atoms with van der Waals surface area (Å²) in [6.07, 6.45) is 12.9. The van der Waals surface area contributed by atoms with Crippen molar-refractivity contribution in [3.63, 3.8) is 0 Å². The number of hydrogen-bond acceptors (Lipinski definition) is 3. The van der Waals surface area contributed by atoms with E-state index in [4.69, 9.17) is 5.41 Å². The van der Waals surface area contributed by atoms with E-state index < -0.39 is 11.4 Å². The fourth-order valence-corrected chi connectivity index (χ4v) is 9.85. The molecule has 8 atom stereocenters. The summed E-state index contributed by atoms with van der Waals surface area (Å²) >= 11 is 0. The Balaban J connectivity index is 1.59. The number of aldehydes is 1. The molecule has 182 valence electrons. The van der Waals surface area contributed by atoms with Crippen LogP contribution >= 0.6 is 0 Å². The first-order valence-corrected chi connectivity index (χ1v) is 13.3. The maximum atomic E-state index is 12.7. The van der Waals surface area contributed by atoms with Crippen LogP contribution in [0.15, 0.2) is 11.6 Å². The lowest BCUT2D eigenvalue weighted by Gasteiger charge is -2.69. The Bertz CT molecular complexity index is 935. The van der Waals surface area contributed by atoms with Gasteiger partial charge in [0, 0.05) is 5.71 Å². The lowest BCUT2D eigenvalue weighted by Crippen LogP contribution is -2.63. The third-order valence-corrected chi connectivity index (χ3v) is 12.3. The molecule has 4 saturated carbocycles. The monoisotopic (exact) mass is 453 g/mol. The number of allylic oxidation sites excluding steroid dienone is 2. The molecule has 0 aromatic heterocycles. The summed E-state index contributed by atoms with van der Waals surface area (Å²) in [5.74, 6) is 0.323. The number of carbonyl (C=O) groups is 2. The van der Waals surface area contributed by atoms with Crippen molar-refractivity contribution in [2.75, 3.05) is 0 Å². The molecule has 0 amide bonds. The smallest absolute Gasteiger partial charge is 0.310 e. The first kappa shape index (κ1) is 23.3. The molecule has 0 aliphatic heterocycles. The van der Waals surface area contributed by atoms with Crippen LogP contribution in [-0.4, -0.2) is 23.1 Å². The number of carboxylic acid groups (broad SMARTS) is 1. The maximum absolute atomic E-state index is 12.7. The molecule has 5 aliphatic carbocycles. The highest BCUT2D eigenvalue weighted by Gasteiger charge is 2.68. The van der Waals surface area contributed by atoms with E-state index in [1.165, 1.54) is 5.57 Å². The van der Waals surface area contributed by atoms with Gasteiger partial charge in [-0.25, -0.2) is 0 Å². The van der Waals surface area contributed by atoms with Crippen LogP contribution in [0.4, 0.5) is 0 Å². The molecule has 0 bridgehead atoms. The highest BCUT2D eigenvalue weighted by molar-refractivity contribution is 5.96. The second-order valence-corrected chi connectivity index (χ2v) is 14.0. The highest BCUT2D eigenvalue weighted by Crippen LogP contribution is 2.74. The summed E-state index contributed by atoms with van der Waals surface area (Å²) in [7, 11) is 0. The fraction of sp³-hybridized carbons (Fsp3) is 0.828. The highest BCUT2D eigenvalue weighted by atomic mass is 16.4. The third-order valence-electron chi connectivity index (χ3n) is 12.3. The molecule has 0 saturated heterocycles. The largest absolute Gasteiger partial charge is 0.481 e. The minimum atomic E-state index is -0.590. The summed E-state index contributed by atoms with van der Waals surface area (Å²) < 4.78 is 0. The molecule has 5 aliphatic rings. The molecule has 4 unspecified atom stereocenters. The standard InChI is InChI=1S/C29H43NO3/c1-25(2)10-12-29(24(32)33)13-11-27(4)20(21(29)16-25)6-7-23-26(3)15-18(17-31)22(30)14-19(26)8-9-28(23,27)5/h6,17-19,21,23,30H,7-16H2,1-5H3,(H,32,33)/t18?,19?,21?,23?,26-,27+,28+,29-/m0/s1. The Hall–Kier alpha value is -1.45. The first-order chi connectivity index (χ1) is 15.3. The van der Waals surface area contributed by atoms with E-state index in [-0.39, 0.29) is 33.5 Å². The Labute approximate surface area is 199 Å². The Kier molecular flexibility index (Phi) is 4.97. The maximum Gasteiger partial charge on any atom is 0.310 e. The van der Waals surface area contributed by atoms with Crippen LogP contribution in [0.1, 0.15) is 98.8 Å². The topological polar surface area (TPSA) is 78.2 Å². The zero-order valence-electron chi connectivity index (χ0n) is 21.3. The van der Waals surface area contributed by atoms with Crippen LogP contribution in [0.25, 0.3) is 0 Å². The molecule has 4 nitrogen and oxygen atoms in total. The van der Waals surface area contributed by atoms with Crippen molar-refractivity contribution in [3.8, 4) is 0 Å². The van der Waals surface area contributed by atoms with Gasteiger partial charge >= 0.3 is 5.97 Å². The van der Waals surface area contributed by atoms with Gasteiger partial charge in [0.05, 0.1) is 11.3 Å². The van der Waals surface area contributed by atoms with Crippen LogP contribution in [0.3, 0.4) is 0 Å². The van der Waals surface area contributed by atoms with Gasteiger partial charge in [-0.05, 0) is 104 Å². The summed E-state index contributed by atoms with van der Waals surface area (Å²) in [6, 6.07) is 0. The molecular formula is C29H43NO3.